The molecule has 3 rings (SSSR count). The smallest absolute Gasteiger partial charge is 0.437 e. The Morgan fingerprint density at radius 2 is 1.85 bits per heavy atom. The zero-order valence-corrected chi connectivity index (χ0v) is 18.1. The highest BCUT2D eigenvalue weighted by atomic mass is 35.5. The molecule has 8 nitrogen and oxygen atoms in total. The molecule has 0 aliphatic carbocycles. The van der Waals surface area contributed by atoms with E-state index >= 15 is 0 Å². The van der Waals surface area contributed by atoms with Crippen LogP contribution in [0.3, 0.4) is 0 Å². The van der Waals surface area contributed by atoms with Gasteiger partial charge in [0, 0.05) is 23.9 Å². The number of rotatable bonds is 6. The molecule has 1 aromatic carbocycles. The second-order valence-electron chi connectivity index (χ2n) is 6.91. The third-order valence-corrected chi connectivity index (χ3v) is 4.47. The lowest BCUT2D eigenvalue weighted by Crippen LogP contribution is -2.22. The highest BCUT2D eigenvalue weighted by molar-refractivity contribution is 6.30. The third-order valence-electron chi connectivity index (χ3n) is 4.25. The molecule has 3 aromatic rings. The third kappa shape index (κ3) is 5.57. The average Bonchev–Trinajstić information content (AvgIpc) is 2.73. The highest BCUT2D eigenvalue weighted by Gasteiger charge is 2.39. The second-order valence-corrected chi connectivity index (χ2v) is 7.34. The highest BCUT2D eigenvalue weighted by Crippen LogP contribution is 2.36. The summed E-state index contributed by atoms with van der Waals surface area (Å²) in [6.45, 7) is 0.564. The molecular weight excluding hydrogens is 489 g/mol. The molecule has 14 heteroatoms. The molecule has 0 amide bonds. The van der Waals surface area contributed by atoms with Crippen molar-refractivity contribution >= 4 is 11.6 Å². The van der Waals surface area contributed by atoms with Crippen LogP contribution in [0.1, 0.15) is 35.3 Å². The maximum atomic E-state index is 13.7. The molecule has 0 radical (unpaired) electrons. The molecule has 0 saturated heterocycles. The lowest BCUT2D eigenvalue weighted by atomic mass is 10.1. The van der Waals surface area contributed by atoms with E-state index in [4.69, 9.17) is 26.3 Å². The predicted molar refractivity (Wildman–Crippen MR) is 107 cm³/mol. The standard InChI is InChI=1S/C20H13ClF5N5O3/c1-19(22,23)13-5-10(18(33-2)31-30-13)6-14-28-16(20(24,25)26)15(17(32)29-14)34-12-4-9(8-27)3-11(21)7-12/h3-5,7H,6H2,1-2H3,(H,28,29,32). The van der Waals surface area contributed by atoms with Gasteiger partial charge in [-0.15, -0.1) is 10.2 Å². The Hall–Kier alpha value is -3.79. The first kappa shape index (κ1) is 24.8. The number of ether oxygens (including phenoxy) is 2. The molecule has 178 valence electrons. The van der Waals surface area contributed by atoms with Crippen molar-refractivity contribution in [3.63, 3.8) is 0 Å². The van der Waals surface area contributed by atoms with Crippen molar-refractivity contribution in [2.75, 3.05) is 7.11 Å². The number of nitriles is 1. The Morgan fingerprint density at radius 1 is 1.15 bits per heavy atom. The topological polar surface area (TPSA) is 114 Å². The Morgan fingerprint density at radius 3 is 2.44 bits per heavy atom. The number of hydrogen-bond donors (Lipinski definition) is 1. The minimum atomic E-state index is -5.13. The van der Waals surface area contributed by atoms with Gasteiger partial charge in [-0.25, -0.2) is 4.98 Å². The van der Waals surface area contributed by atoms with E-state index in [2.05, 4.69) is 20.2 Å². The van der Waals surface area contributed by atoms with Gasteiger partial charge in [-0.3, -0.25) is 4.79 Å². The van der Waals surface area contributed by atoms with Gasteiger partial charge < -0.3 is 14.5 Å². The van der Waals surface area contributed by atoms with E-state index < -0.39 is 47.0 Å². The van der Waals surface area contributed by atoms with Gasteiger partial charge >= 0.3 is 6.18 Å². The summed E-state index contributed by atoms with van der Waals surface area (Å²) in [6.07, 6.45) is -5.67. The largest absolute Gasteiger partial charge is 0.480 e. The van der Waals surface area contributed by atoms with Gasteiger partial charge in [0.05, 0.1) is 18.7 Å². The molecule has 0 saturated carbocycles. The van der Waals surface area contributed by atoms with Gasteiger partial charge in [-0.05, 0) is 24.3 Å². The second kappa shape index (κ2) is 9.22. The van der Waals surface area contributed by atoms with E-state index in [0.29, 0.717) is 6.92 Å². The first-order valence-electron chi connectivity index (χ1n) is 9.19. The predicted octanol–water partition coefficient (Wildman–Crippen LogP) is 4.61. The molecule has 0 atom stereocenters. The normalized spacial score (nSPS) is 11.7. The number of benzene rings is 1. The number of nitrogens with one attached hydrogen (secondary N) is 1. The summed E-state index contributed by atoms with van der Waals surface area (Å²) in [5, 5.41) is 15.8. The van der Waals surface area contributed by atoms with Crippen LogP contribution in [0.15, 0.2) is 29.1 Å². The number of halogens is 6. The summed E-state index contributed by atoms with van der Waals surface area (Å²) < 4.78 is 78.4. The van der Waals surface area contributed by atoms with Crippen LogP contribution in [0.2, 0.25) is 5.02 Å². The van der Waals surface area contributed by atoms with E-state index in [1.165, 1.54) is 6.07 Å². The molecule has 0 unspecified atom stereocenters. The number of hydrogen-bond acceptors (Lipinski definition) is 7. The van der Waals surface area contributed by atoms with E-state index in [9.17, 15) is 26.7 Å². The van der Waals surface area contributed by atoms with Crippen LogP contribution in [-0.4, -0.2) is 27.3 Å². The minimum absolute atomic E-state index is 0.00979. The molecule has 34 heavy (non-hydrogen) atoms. The quantitative estimate of drug-likeness (QED) is 0.491. The molecule has 0 aliphatic heterocycles. The summed E-state index contributed by atoms with van der Waals surface area (Å²) in [5.41, 5.74) is -3.84. The van der Waals surface area contributed by atoms with Crippen molar-refractivity contribution in [1.29, 1.82) is 5.26 Å². The molecular formula is C20H13ClF5N5O3. The Bertz CT molecular complexity index is 1330. The van der Waals surface area contributed by atoms with Gasteiger partial charge in [0.25, 0.3) is 11.5 Å². The molecule has 1 N–H and O–H groups in total. The first-order chi connectivity index (χ1) is 15.8. The van der Waals surface area contributed by atoms with Gasteiger partial charge in [0.1, 0.15) is 17.3 Å². The lowest BCUT2D eigenvalue weighted by Gasteiger charge is -2.15. The maximum Gasteiger partial charge on any atom is 0.437 e. The number of methoxy groups -OCH3 is 1. The number of nitrogens with zero attached hydrogens (tertiary/aromatic N) is 4. The van der Waals surface area contributed by atoms with Crippen molar-refractivity contribution in [3.8, 4) is 23.4 Å². The minimum Gasteiger partial charge on any atom is -0.480 e. The summed E-state index contributed by atoms with van der Waals surface area (Å²) in [6, 6.07) is 6.07. The molecule has 2 heterocycles. The van der Waals surface area contributed by atoms with Crippen molar-refractivity contribution in [2.45, 2.75) is 25.4 Å². The number of aromatic amines is 1. The van der Waals surface area contributed by atoms with Crippen molar-refractivity contribution in [2.24, 2.45) is 0 Å². The molecule has 0 fully saturated rings. The lowest BCUT2D eigenvalue weighted by molar-refractivity contribution is -0.142. The van der Waals surface area contributed by atoms with E-state index in [0.717, 1.165) is 25.3 Å². The molecule has 2 aromatic heterocycles. The van der Waals surface area contributed by atoms with Crippen LogP contribution in [-0.2, 0) is 18.5 Å². The Kier molecular flexibility index (Phi) is 6.74. The van der Waals surface area contributed by atoms with E-state index in [1.807, 2.05) is 0 Å². The maximum absolute atomic E-state index is 13.7. The number of H-pyrrole nitrogens is 1. The Labute approximate surface area is 192 Å². The summed E-state index contributed by atoms with van der Waals surface area (Å²) in [7, 11) is 1.16. The average molecular weight is 502 g/mol. The fraction of sp³-hybridized carbons (Fsp3) is 0.250. The van der Waals surface area contributed by atoms with Gasteiger partial charge in [0.2, 0.25) is 11.6 Å². The Balaban J connectivity index is 2.08. The SMILES string of the molecule is COc1nnc(C(C)(F)F)cc1Cc1nc(C(F)(F)F)c(Oc2cc(Cl)cc(C#N)c2)c(=O)[nH]1. The molecule has 0 aliphatic rings. The van der Waals surface area contributed by atoms with Crippen LogP contribution in [0, 0.1) is 11.3 Å². The monoisotopic (exact) mass is 501 g/mol. The fourth-order valence-corrected chi connectivity index (χ4v) is 3.02. The zero-order chi connectivity index (χ0) is 25.3. The van der Waals surface area contributed by atoms with Crippen LogP contribution >= 0.6 is 11.6 Å². The number of aromatic nitrogens is 4. The summed E-state index contributed by atoms with van der Waals surface area (Å²) in [4.78, 5) is 18.1. The van der Waals surface area contributed by atoms with Crippen LogP contribution in [0.5, 0.6) is 17.4 Å². The van der Waals surface area contributed by atoms with E-state index in [1.54, 1.807) is 6.07 Å². The zero-order valence-electron chi connectivity index (χ0n) is 17.3. The summed E-state index contributed by atoms with van der Waals surface area (Å²) in [5.74, 6) is -5.65. The number of alkyl halides is 5. The fourth-order valence-electron chi connectivity index (χ4n) is 2.80. The van der Waals surface area contributed by atoms with Crippen LogP contribution in [0.25, 0.3) is 0 Å². The van der Waals surface area contributed by atoms with Crippen LogP contribution < -0.4 is 15.0 Å². The molecule has 0 spiro atoms. The van der Waals surface area contributed by atoms with Crippen molar-refractivity contribution < 1.29 is 31.4 Å². The van der Waals surface area contributed by atoms with Gasteiger partial charge in [-0.1, -0.05) is 11.6 Å². The van der Waals surface area contributed by atoms with Crippen molar-refractivity contribution in [1.82, 2.24) is 20.2 Å². The van der Waals surface area contributed by atoms with Gasteiger partial charge in [-0.2, -0.15) is 27.2 Å². The van der Waals surface area contributed by atoms with Gasteiger partial charge in [0.15, 0.2) is 5.69 Å². The van der Waals surface area contributed by atoms with Crippen molar-refractivity contribution in [3.05, 3.63) is 68.0 Å². The summed E-state index contributed by atoms with van der Waals surface area (Å²) >= 11 is 5.82. The van der Waals surface area contributed by atoms with Crippen LogP contribution in [0.4, 0.5) is 22.0 Å². The first-order valence-corrected chi connectivity index (χ1v) is 9.57. The molecule has 0 bridgehead atoms. The van der Waals surface area contributed by atoms with E-state index in [-0.39, 0.29) is 27.8 Å².